The number of nitrogens with one attached hydrogen (secondary N) is 1. The van der Waals surface area contributed by atoms with Crippen molar-refractivity contribution in [1.29, 1.82) is 0 Å². The summed E-state index contributed by atoms with van der Waals surface area (Å²) in [7, 11) is 1.61. The van der Waals surface area contributed by atoms with Gasteiger partial charge in [0.15, 0.2) is 0 Å². The number of ether oxygens (including phenoxy) is 2. The first-order valence-corrected chi connectivity index (χ1v) is 7.36. The third-order valence-electron chi connectivity index (χ3n) is 2.46. The van der Waals surface area contributed by atoms with Crippen molar-refractivity contribution in [2.45, 2.75) is 31.2 Å². The number of benzene rings is 1. The molecule has 1 amide bonds. The summed E-state index contributed by atoms with van der Waals surface area (Å²) in [6, 6.07) is 5.13. The van der Waals surface area contributed by atoms with Crippen LogP contribution in [0.3, 0.4) is 0 Å². The van der Waals surface area contributed by atoms with Gasteiger partial charge >= 0.3 is 0 Å². The van der Waals surface area contributed by atoms with Crippen LogP contribution >= 0.6 is 27.5 Å². The van der Waals surface area contributed by atoms with Gasteiger partial charge in [-0.05, 0) is 39.0 Å². The topological polar surface area (TPSA) is 47.6 Å². The fourth-order valence-electron chi connectivity index (χ4n) is 1.44. The smallest absolute Gasteiger partial charge is 0.240 e. The third kappa shape index (κ3) is 5.31. The van der Waals surface area contributed by atoms with Crippen molar-refractivity contribution >= 4 is 39.1 Å². The highest BCUT2D eigenvalue weighted by atomic mass is 79.9. The average molecular weight is 365 g/mol. The molecule has 0 aliphatic rings. The molecule has 1 rings (SSSR count). The molecule has 0 fully saturated rings. The number of amides is 1. The molecule has 0 radical (unpaired) electrons. The predicted octanol–water partition coefficient (Wildman–Crippen LogP) is 3.87. The lowest BCUT2D eigenvalue weighted by molar-refractivity contribution is -0.117. The number of methoxy groups -OCH3 is 1. The molecule has 1 aromatic rings. The van der Waals surface area contributed by atoms with E-state index >= 15 is 0 Å². The van der Waals surface area contributed by atoms with E-state index in [2.05, 4.69) is 21.2 Å². The van der Waals surface area contributed by atoms with Crippen LogP contribution in [0.25, 0.3) is 0 Å². The van der Waals surface area contributed by atoms with Gasteiger partial charge in [-0.15, -0.1) is 0 Å². The summed E-state index contributed by atoms with van der Waals surface area (Å²) in [5.41, 5.74) is 0.624. The van der Waals surface area contributed by atoms with Gasteiger partial charge < -0.3 is 14.8 Å². The van der Waals surface area contributed by atoms with Crippen LogP contribution in [-0.4, -0.2) is 30.1 Å². The molecule has 6 heteroatoms. The molecule has 0 aliphatic carbocycles. The van der Waals surface area contributed by atoms with E-state index in [0.29, 0.717) is 23.1 Å². The Kier molecular flexibility index (Phi) is 6.30. The molecule has 20 heavy (non-hydrogen) atoms. The van der Waals surface area contributed by atoms with Crippen molar-refractivity contribution in [1.82, 2.24) is 0 Å². The Morgan fingerprint density at radius 2 is 2.15 bits per heavy atom. The third-order valence-corrected chi connectivity index (χ3v) is 3.11. The number of carbonyl (C=O) groups is 1. The Morgan fingerprint density at radius 3 is 2.65 bits per heavy atom. The molecule has 112 valence electrons. The maximum absolute atomic E-state index is 11.8. The quantitative estimate of drug-likeness (QED) is 0.780. The summed E-state index contributed by atoms with van der Waals surface area (Å²) in [6.45, 7) is 5.91. The van der Waals surface area contributed by atoms with Crippen molar-refractivity contribution in [3.05, 3.63) is 23.2 Å². The zero-order valence-electron chi connectivity index (χ0n) is 12.0. The Hall–Kier alpha value is -0.780. The van der Waals surface area contributed by atoms with Crippen molar-refractivity contribution in [3.8, 4) is 5.75 Å². The van der Waals surface area contributed by atoms with Gasteiger partial charge in [-0.25, -0.2) is 0 Å². The van der Waals surface area contributed by atoms with Crippen LogP contribution in [0.5, 0.6) is 5.75 Å². The second kappa shape index (κ2) is 7.29. The summed E-state index contributed by atoms with van der Waals surface area (Å²) in [5.74, 6) is 0.419. The summed E-state index contributed by atoms with van der Waals surface area (Å²) < 4.78 is 10.00. The second-order valence-electron chi connectivity index (χ2n) is 4.96. The number of anilines is 1. The molecule has 0 saturated heterocycles. The number of alkyl halides is 1. The molecule has 0 spiro atoms. The lowest BCUT2D eigenvalue weighted by atomic mass is 10.2. The molecule has 0 bridgehead atoms. The SMILES string of the molecule is COC[C@H](C)Oc1ccc(NC(=O)C(C)(C)Br)cc1Cl. The Morgan fingerprint density at radius 1 is 1.50 bits per heavy atom. The maximum Gasteiger partial charge on any atom is 0.240 e. The van der Waals surface area contributed by atoms with Crippen molar-refractivity contribution in [2.75, 3.05) is 19.0 Å². The number of rotatable bonds is 6. The minimum atomic E-state index is -0.637. The summed E-state index contributed by atoms with van der Waals surface area (Å²) >= 11 is 9.44. The number of carbonyl (C=O) groups excluding carboxylic acids is 1. The monoisotopic (exact) mass is 363 g/mol. The largest absolute Gasteiger partial charge is 0.487 e. The molecule has 4 nitrogen and oxygen atoms in total. The van der Waals surface area contributed by atoms with Crippen molar-refractivity contribution < 1.29 is 14.3 Å². The first-order valence-electron chi connectivity index (χ1n) is 6.19. The maximum atomic E-state index is 11.8. The zero-order chi connectivity index (χ0) is 15.3. The standard InChI is InChI=1S/C14H19BrClNO3/c1-9(8-19-4)20-12-6-5-10(7-11(12)16)17-13(18)14(2,3)15/h5-7,9H,8H2,1-4H3,(H,17,18)/t9-/m0/s1. The summed E-state index contributed by atoms with van der Waals surface area (Å²) in [6.07, 6.45) is -0.0978. The highest BCUT2D eigenvalue weighted by molar-refractivity contribution is 9.10. The van der Waals surface area contributed by atoms with Crippen LogP contribution < -0.4 is 10.1 Å². The molecule has 0 unspecified atom stereocenters. The van der Waals surface area contributed by atoms with Crippen LogP contribution in [0.15, 0.2) is 18.2 Å². The van der Waals surface area contributed by atoms with Crippen LogP contribution in [-0.2, 0) is 9.53 Å². The molecular formula is C14H19BrClNO3. The first kappa shape index (κ1) is 17.3. The predicted molar refractivity (Wildman–Crippen MR) is 85.1 cm³/mol. The van der Waals surface area contributed by atoms with E-state index in [1.165, 1.54) is 0 Å². The second-order valence-corrected chi connectivity index (χ2v) is 7.35. The van der Waals surface area contributed by atoms with Crippen molar-refractivity contribution in [2.24, 2.45) is 0 Å². The lowest BCUT2D eigenvalue weighted by Crippen LogP contribution is -2.30. The van der Waals surface area contributed by atoms with Crippen LogP contribution in [0, 0.1) is 0 Å². The fraction of sp³-hybridized carbons (Fsp3) is 0.500. The average Bonchev–Trinajstić information content (AvgIpc) is 2.31. The molecule has 0 aromatic heterocycles. The molecule has 1 N–H and O–H groups in total. The minimum Gasteiger partial charge on any atom is -0.487 e. The lowest BCUT2D eigenvalue weighted by Gasteiger charge is -2.18. The number of halogens is 2. The highest BCUT2D eigenvalue weighted by Gasteiger charge is 2.23. The number of hydrogen-bond donors (Lipinski definition) is 1. The molecular weight excluding hydrogens is 346 g/mol. The van der Waals surface area contributed by atoms with Gasteiger partial charge in [0.1, 0.15) is 11.9 Å². The van der Waals surface area contributed by atoms with Gasteiger partial charge in [0.25, 0.3) is 0 Å². The van der Waals surface area contributed by atoms with E-state index in [9.17, 15) is 4.79 Å². The molecule has 1 aromatic carbocycles. The Labute approximate surface area is 132 Å². The van der Waals surface area contributed by atoms with E-state index in [0.717, 1.165) is 0 Å². The highest BCUT2D eigenvalue weighted by Crippen LogP contribution is 2.29. The Balaban J connectivity index is 2.75. The van der Waals surface area contributed by atoms with Crippen LogP contribution in [0.2, 0.25) is 5.02 Å². The van der Waals surface area contributed by atoms with E-state index in [4.69, 9.17) is 21.1 Å². The summed E-state index contributed by atoms with van der Waals surface area (Å²) in [4.78, 5) is 11.8. The number of hydrogen-bond acceptors (Lipinski definition) is 3. The fourth-order valence-corrected chi connectivity index (χ4v) is 1.76. The van der Waals surface area contributed by atoms with Crippen LogP contribution in [0.1, 0.15) is 20.8 Å². The van der Waals surface area contributed by atoms with Crippen LogP contribution in [0.4, 0.5) is 5.69 Å². The zero-order valence-corrected chi connectivity index (χ0v) is 14.3. The molecule has 0 aliphatic heterocycles. The summed E-state index contributed by atoms with van der Waals surface area (Å²) in [5, 5.41) is 3.22. The molecule has 0 heterocycles. The van der Waals surface area contributed by atoms with Gasteiger partial charge in [-0.3, -0.25) is 4.79 Å². The van der Waals surface area contributed by atoms with E-state index in [1.807, 2.05) is 6.92 Å². The van der Waals surface area contributed by atoms with Gasteiger partial charge in [0.05, 0.1) is 16.0 Å². The molecule has 1 atom stereocenters. The van der Waals surface area contributed by atoms with Gasteiger partial charge in [-0.1, -0.05) is 27.5 Å². The normalized spacial score (nSPS) is 12.9. The van der Waals surface area contributed by atoms with Crippen molar-refractivity contribution in [3.63, 3.8) is 0 Å². The molecule has 0 saturated carbocycles. The minimum absolute atomic E-state index is 0.0978. The van der Waals surface area contributed by atoms with Gasteiger partial charge in [0, 0.05) is 12.8 Å². The van der Waals surface area contributed by atoms with E-state index < -0.39 is 4.32 Å². The van der Waals surface area contributed by atoms with E-state index in [1.54, 1.807) is 39.2 Å². The Bertz CT molecular complexity index is 474. The van der Waals surface area contributed by atoms with Gasteiger partial charge in [-0.2, -0.15) is 0 Å². The van der Waals surface area contributed by atoms with E-state index in [-0.39, 0.29) is 12.0 Å². The first-order chi connectivity index (χ1) is 9.24. The van der Waals surface area contributed by atoms with Gasteiger partial charge in [0.2, 0.25) is 5.91 Å².